The summed E-state index contributed by atoms with van der Waals surface area (Å²) in [5.41, 5.74) is 2.72. The fraction of sp³-hybridized carbons (Fsp3) is 0.111. The van der Waals surface area contributed by atoms with E-state index in [0.717, 1.165) is 20.8 Å². The summed E-state index contributed by atoms with van der Waals surface area (Å²) in [5.74, 6) is 0.810. The predicted molar refractivity (Wildman–Crippen MR) is 59.6 cm³/mol. The molecule has 0 aliphatic heterocycles. The molecule has 0 saturated heterocycles. The minimum Gasteiger partial charge on any atom is -0.497 e. The smallest absolute Gasteiger partial charge is 0.147 e. The third-order valence-corrected chi connectivity index (χ3v) is 2.91. The number of rotatable bonds is 2. The summed E-state index contributed by atoms with van der Waals surface area (Å²) in [5, 5.41) is 8.68. The van der Waals surface area contributed by atoms with Gasteiger partial charge in [0.2, 0.25) is 0 Å². The van der Waals surface area contributed by atoms with Crippen LogP contribution in [0.5, 0.6) is 5.75 Å². The Balaban J connectivity index is 2.48. The van der Waals surface area contributed by atoms with E-state index in [-0.39, 0.29) is 0 Å². The van der Waals surface area contributed by atoms with Gasteiger partial charge in [0.25, 0.3) is 0 Å². The van der Waals surface area contributed by atoms with Gasteiger partial charge in [-0.25, -0.2) is 0 Å². The van der Waals surface area contributed by atoms with E-state index in [9.17, 15) is 0 Å². The zero-order valence-corrected chi connectivity index (χ0v) is 9.80. The maximum Gasteiger partial charge on any atom is 0.147 e. The lowest BCUT2D eigenvalue weighted by Crippen LogP contribution is -1.84. The van der Waals surface area contributed by atoms with Gasteiger partial charge in [0.15, 0.2) is 0 Å². The van der Waals surface area contributed by atoms with Gasteiger partial charge in [-0.2, -0.15) is 0 Å². The normalized spacial score (nSPS) is 10.1. The molecule has 0 radical (unpaired) electrons. The number of benzene rings is 1. The van der Waals surface area contributed by atoms with Crippen molar-refractivity contribution in [2.45, 2.75) is 0 Å². The van der Waals surface area contributed by atoms with E-state index >= 15 is 0 Å². The Kier molecular flexibility index (Phi) is 2.79. The summed E-state index contributed by atoms with van der Waals surface area (Å²) >= 11 is 4.92. The SMILES string of the molecule is COc1cc(Br)cc(-c2nncs2)c1. The van der Waals surface area contributed by atoms with Gasteiger partial charge in [-0.05, 0) is 18.2 Å². The highest BCUT2D eigenvalue weighted by Crippen LogP contribution is 2.28. The molecule has 0 unspecified atom stereocenters. The monoisotopic (exact) mass is 270 g/mol. The molecule has 0 aliphatic rings. The van der Waals surface area contributed by atoms with Crippen LogP contribution in [0.25, 0.3) is 10.6 Å². The first-order valence-electron chi connectivity index (χ1n) is 3.91. The van der Waals surface area contributed by atoms with Crippen molar-refractivity contribution in [3.8, 4) is 16.3 Å². The van der Waals surface area contributed by atoms with Crippen molar-refractivity contribution in [1.82, 2.24) is 10.2 Å². The van der Waals surface area contributed by atoms with Crippen molar-refractivity contribution in [1.29, 1.82) is 0 Å². The maximum atomic E-state index is 5.16. The largest absolute Gasteiger partial charge is 0.497 e. The molecule has 2 rings (SSSR count). The second-order valence-electron chi connectivity index (χ2n) is 2.62. The van der Waals surface area contributed by atoms with Crippen LogP contribution in [0.4, 0.5) is 0 Å². The van der Waals surface area contributed by atoms with E-state index < -0.39 is 0 Å². The van der Waals surface area contributed by atoms with Crippen LogP contribution < -0.4 is 4.74 Å². The number of nitrogens with zero attached hydrogens (tertiary/aromatic N) is 2. The first-order chi connectivity index (χ1) is 6.79. The molecule has 1 aromatic carbocycles. The van der Waals surface area contributed by atoms with Crippen molar-refractivity contribution < 1.29 is 4.74 Å². The topological polar surface area (TPSA) is 35.0 Å². The summed E-state index contributed by atoms with van der Waals surface area (Å²) in [4.78, 5) is 0. The molecular formula is C9H7BrN2OS. The number of methoxy groups -OCH3 is 1. The molecule has 0 bridgehead atoms. The van der Waals surface area contributed by atoms with Crippen molar-refractivity contribution in [2.75, 3.05) is 7.11 Å². The Labute approximate surface area is 93.9 Å². The number of hydrogen-bond donors (Lipinski definition) is 0. The first-order valence-corrected chi connectivity index (χ1v) is 5.58. The molecular weight excluding hydrogens is 264 g/mol. The lowest BCUT2D eigenvalue weighted by Gasteiger charge is -2.02. The van der Waals surface area contributed by atoms with E-state index in [4.69, 9.17) is 4.74 Å². The lowest BCUT2D eigenvalue weighted by atomic mass is 10.2. The summed E-state index contributed by atoms with van der Waals surface area (Å²) in [6.07, 6.45) is 0. The number of hydrogen-bond acceptors (Lipinski definition) is 4. The Morgan fingerprint density at radius 3 is 2.86 bits per heavy atom. The van der Waals surface area contributed by atoms with Crippen LogP contribution in [-0.2, 0) is 0 Å². The third-order valence-electron chi connectivity index (χ3n) is 1.71. The second-order valence-corrected chi connectivity index (χ2v) is 4.37. The number of aromatic nitrogens is 2. The second kappa shape index (κ2) is 4.06. The Morgan fingerprint density at radius 2 is 2.21 bits per heavy atom. The van der Waals surface area contributed by atoms with E-state index in [1.165, 1.54) is 11.3 Å². The molecule has 0 saturated carbocycles. The van der Waals surface area contributed by atoms with Crippen LogP contribution in [0, 0.1) is 0 Å². The molecule has 5 heteroatoms. The van der Waals surface area contributed by atoms with Crippen LogP contribution in [-0.4, -0.2) is 17.3 Å². The highest BCUT2D eigenvalue weighted by atomic mass is 79.9. The number of halogens is 1. The molecule has 1 heterocycles. The molecule has 0 atom stereocenters. The molecule has 2 aromatic rings. The zero-order valence-electron chi connectivity index (χ0n) is 7.40. The van der Waals surface area contributed by atoms with Gasteiger partial charge in [0.1, 0.15) is 16.3 Å². The molecule has 0 spiro atoms. The molecule has 3 nitrogen and oxygen atoms in total. The summed E-state index contributed by atoms with van der Waals surface area (Å²) in [6, 6.07) is 5.83. The molecule has 0 N–H and O–H groups in total. The van der Waals surface area contributed by atoms with Gasteiger partial charge in [-0.1, -0.05) is 27.3 Å². The Hall–Kier alpha value is -0.940. The minimum atomic E-state index is 0.810. The third kappa shape index (κ3) is 1.93. The van der Waals surface area contributed by atoms with Crippen LogP contribution in [0.2, 0.25) is 0 Å². The minimum absolute atomic E-state index is 0.810. The Morgan fingerprint density at radius 1 is 1.36 bits per heavy atom. The lowest BCUT2D eigenvalue weighted by molar-refractivity contribution is 0.414. The van der Waals surface area contributed by atoms with Crippen molar-refractivity contribution >= 4 is 27.3 Å². The Bertz CT molecular complexity index is 430. The molecule has 0 amide bonds. The van der Waals surface area contributed by atoms with Crippen LogP contribution in [0.3, 0.4) is 0 Å². The van der Waals surface area contributed by atoms with Crippen molar-refractivity contribution in [2.24, 2.45) is 0 Å². The standard InChI is InChI=1S/C9H7BrN2OS/c1-13-8-3-6(2-7(10)4-8)9-12-11-5-14-9/h2-5H,1H3. The highest BCUT2D eigenvalue weighted by Gasteiger charge is 2.04. The number of ether oxygens (including phenoxy) is 1. The van der Waals surface area contributed by atoms with Gasteiger partial charge in [-0.15, -0.1) is 10.2 Å². The fourth-order valence-electron chi connectivity index (χ4n) is 1.10. The van der Waals surface area contributed by atoms with E-state index in [1.54, 1.807) is 12.6 Å². The predicted octanol–water partition coefficient (Wildman–Crippen LogP) is 2.98. The van der Waals surface area contributed by atoms with Crippen LogP contribution in [0.15, 0.2) is 28.2 Å². The maximum absolute atomic E-state index is 5.16. The molecule has 1 aromatic heterocycles. The first kappa shape index (κ1) is 9.61. The van der Waals surface area contributed by atoms with Crippen molar-refractivity contribution in [3.05, 3.63) is 28.2 Å². The van der Waals surface area contributed by atoms with Gasteiger partial charge in [0.05, 0.1) is 7.11 Å². The van der Waals surface area contributed by atoms with Gasteiger partial charge < -0.3 is 4.74 Å². The quantitative estimate of drug-likeness (QED) is 0.842. The van der Waals surface area contributed by atoms with Gasteiger partial charge >= 0.3 is 0 Å². The van der Waals surface area contributed by atoms with Gasteiger partial charge in [0, 0.05) is 10.0 Å². The summed E-state index contributed by atoms with van der Waals surface area (Å²) < 4.78 is 6.13. The highest BCUT2D eigenvalue weighted by molar-refractivity contribution is 9.10. The van der Waals surface area contributed by atoms with Gasteiger partial charge in [-0.3, -0.25) is 0 Å². The molecule has 0 aliphatic carbocycles. The van der Waals surface area contributed by atoms with E-state index in [0.29, 0.717) is 0 Å². The molecule has 0 fully saturated rings. The summed E-state index contributed by atoms with van der Waals surface area (Å²) in [7, 11) is 1.64. The average molecular weight is 271 g/mol. The van der Waals surface area contributed by atoms with Crippen molar-refractivity contribution in [3.63, 3.8) is 0 Å². The zero-order chi connectivity index (χ0) is 9.97. The summed E-state index contributed by atoms with van der Waals surface area (Å²) in [6.45, 7) is 0. The van der Waals surface area contributed by atoms with E-state index in [1.807, 2.05) is 18.2 Å². The molecule has 72 valence electrons. The average Bonchev–Trinajstić information content (AvgIpc) is 2.69. The van der Waals surface area contributed by atoms with Crippen LogP contribution >= 0.6 is 27.3 Å². The fourth-order valence-corrected chi connectivity index (χ4v) is 2.12. The molecule has 14 heavy (non-hydrogen) atoms. The van der Waals surface area contributed by atoms with E-state index in [2.05, 4.69) is 26.1 Å². The van der Waals surface area contributed by atoms with Crippen LogP contribution in [0.1, 0.15) is 0 Å².